The van der Waals surface area contributed by atoms with Crippen LogP contribution in [0.4, 0.5) is 0 Å². The molecule has 0 aromatic carbocycles. The molecule has 0 bridgehead atoms. The van der Waals surface area contributed by atoms with E-state index >= 15 is 0 Å². The fourth-order valence-electron chi connectivity index (χ4n) is 1.59. The highest BCUT2D eigenvalue weighted by molar-refractivity contribution is 6.35. The van der Waals surface area contributed by atoms with Gasteiger partial charge in [0.2, 0.25) is 5.78 Å². The first-order valence-corrected chi connectivity index (χ1v) is 6.70. The maximum Gasteiger partial charge on any atom is 0.287 e. The minimum atomic E-state index is -0.661. The second-order valence-corrected chi connectivity index (χ2v) is 4.56. The number of carbonyl (C=O) groups excluding carboxylic acids is 3. The number of carbonyl (C=O) groups is 3. The van der Waals surface area contributed by atoms with Gasteiger partial charge < -0.3 is 5.32 Å². The van der Waals surface area contributed by atoms with Gasteiger partial charge in [0, 0.05) is 25.0 Å². The van der Waals surface area contributed by atoms with Crippen LogP contribution in [-0.4, -0.2) is 24.0 Å². The number of allylic oxidation sites excluding steroid dienone is 3. The van der Waals surface area contributed by atoms with Crippen molar-refractivity contribution in [3.8, 4) is 0 Å². The first-order chi connectivity index (χ1) is 9.38. The molecule has 0 saturated carbocycles. The number of amides is 1. The topological polar surface area (TPSA) is 63.2 Å². The van der Waals surface area contributed by atoms with Gasteiger partial charge in [0.05, 0.1) is 0 Å². The summed E-state index contributed by atoms with van der Waals surface area (Å²) in [5.74, 6) is -1.33. The summed E-state index contributed by atoms with van der Waals surface area (Å²) in [4.78, 5) is 34.5. The normalized spacial score (nSPS) is 13.6. The van der Waals surface area contributed by atoms with Gasteiger partial charge in [0.1, 0.15) is 0 Å². The number of rotatable bonds is 8. The van der Waals surface area contributed by atoms with Crippen LogP contribution < -0.4 is 5.32 Å². The number of nitrogens with one attached hydrogen (secondary N) is 1. The Kier molecular flexibility index (Phi) is 8.13. The van der Waals surface area contributed by atoms with Crippen LogP contribution in [0.5, 0.6) is 0 Å². The van der Waals surface area contributed by atoms with Gasteiger partial charge in [-0.15, -0.1) is 0 Å². The van der Waals surface area contributed by atoms with Crippen molar-refractivity contribution >= 4 is 17.5 Å². The van der Waals surface area contributed by atoms with E-state index in [1.165, 1.54) is 13.0 Å². The molecule has 0 aliphatic heterocycles. The number of Topliss-reactive ketones (excluding diaryl/α,β-unsaturated/α-hetero) is 2. The summed E-state index contributed by atoms with van der Waals surface area (Å²) in [7, 11) is 0. The molecule has 4 heteroatoms. The lowest BCUT2D eigenvalue weighted by Gasteiger charge is -2.13. The fraction of sp³-hybridized carbons (Fsp3) is 0.438. The molecular formula is C16H23NO3. The lowest BCUT2D eigenvalue weighted by Crippen LogP contribution is -2.31. The number of ketones is 2. The van der Waals surface area contributed by atoms with Crippen LogP contribution in [0.1, 0.15) is 34.1 Å². The van der Waals surface area contributed by atoms with E-state index in [0.717, 1.165) is 6.42 Å². The Morgan fingerprint density at radius 3 is 2.30 bits per heavy atom. The minimum Gasteiger partial charge on any atom is -0.345 e. The van der Waals surface area contributed by atoms with Crippen molar-refractivity contribution in [2.24, 2.45) is 5.92 Å². The van der Waals surface area contributed by atoms with E-state index in [1.807, 2.05) is 20.8 Å². The third-order valence-corrected chi connectivity index (χ3v) is 3.00. The first-order valence-electron chi connectivity index (χ1n) is 6.70. The van der Waals surface area contributed by atoms with Crippen molar-refractivity contribution in [3.63, 3.8) is 0 Å². The van der Waals surface area contributed by atoms with Crippen LogP contribution in [0.25, 0.3) is 0 Å². The van der Waals surface area contributed by atoms with E-state index in [9.17, 15) is 14.4 Å². The Bertz CT molecular complexity index is 458. The molecule has 0 aromatic rings. The highest BCUT2D eigenvalue weighted by atomic mass is 16.2. The van der Waals surface area contributed by atoms with Gasteiger partial charge in [-0.05, 0) is 18.9 Å². The predicted octanol–water partition coefficient (Wildman–Crippen LogP) is 2.37. The molecular weight excluding hydrogens is 254 g/mol. The Morgan fingerprint density at radius 2 is 1.90 bits per heavy atom. The van der Waals surface area contributed by atoms with Gasteiger partial charge in [-0.25, -0.2) is 0 Å². The number of hydrogen-bond acceptors (Lipinski definition) is 3. The third-order valence-electron chi connectivity index (χ3n) is 3.00. The van der Waals surface area contributed by atoms with E-state index < -0.39 is 11.7 Å². The Hall–Kier alpha value is -1.97. The highest BCUT2D eigenvalue weighted by Gasteiger charge is 2.17. The lowest BCUT2D eigenvalue weighted by molar-refractivity contribution is -0.136. The van der Waals surface area contributed by atoms with Crippen LogP contribution >= 0.6 is 0 Å². The zero-order valence-corrected chi connectivity index (χ0v) is 12.7. The van der Waals surface area contributed by atoms with E-state index in [4.69, 9.17) is 0 Å². The molecule has 0 spiro atoms. The SMILES string of the molecule is C=C/C(C(=O)C(C)CC)=C(\C=C/C)CNC(=O)C(C)=O. The summed E-state index contributed by atoms with van der Waals surface area (Å²) >= 11 is 0. The summed E-state index contributed by atoms with van der Waals surface area (Å²) < 4.78 is 0. The molecule has 0 aliphatic carbocycles. The predicted molar refractivity (Wildman–Crippen MR) is 80.2 cm³/mol. The average Bonchev–Trinajstić information content (AvgIpc) is 2.43. The van der Waals surface area contributed by atoms with Crippen LogP contribution in [0.2, 0.25) is 0 Å². The summed E-state index contributed by atoms with van der Waals surface area (Å²) in [6.45, 7) is 10.6. The zero-order chi connectivity index (χ0) is 15.7. The third kappa shape index (κ3) is 5.34. The van der Waals surface area contributed by atoms with E-state index in [1.54, 1.807) is 12.2 Å². The highest BCUT2D eigenvalue weighted by Crippen LogP contribution is 2.16. The molecule has 1 N–H and O–H groups in total. The second kappa shape index (κ2) is 9.02. The van der Waals surface area contributed by atoms with Crippen LogP contribution in [0, 0.1) is 5.92 Å². The monoisotopic (exact) mass is 277 g/mol. The van der Waals surface area contributed by atoms with Crippen molar-refractivity contribution in [2.45, 2.75) is 34.1 Å². The van der Waals surface area contributed by atoms with Crippen molar-refractivity contribution in [1.82, 2.24) is 5.32 Å². The Labute approximate surface area is 120 Å². The van der Waals surface area contributed by atoms with Gasteiger partial charge in [-0.3, -0.25) is 14.4 Å². The summed E-state index contributed by atoms with van der Waals surface area (Å²) in [6.07, 6.45) is 5.77. The van der Waals surface area contributed by atoms with E-state index in [-0.39, 0.29) is 18.2 Å². The molecule has 0 fully saturated rings. The smallest absolute Gasteiger partial charge is 0.287 e. The summed E-state index contributed by atoms with van der Waals surface area (Å²) in [5, 5.41) is 2.50. The Morgan fingerprint density at radius 1 is 1.30 bits per heavy atom. The summed E-state index contributed by atoms with van der Waals surface area (Å²) in [5.41, 5.74) is 1.14. The molecule has 1 atom stereocenters. The minimum absolute atomic E-state index is 0.00678. The molecule has 110 valence electrons. The van der Waals surface area contributed by atoms with Gasteiger partial charge in [-0.1, -0.05) is 38.7 Å². The number of hydrogen-bond donors (Lipinski definition) is 1. The van der Waals surface area contributed by atoms with Crippen molar-refractivity contribution in [2.75, 3.05) is 6.54 Å². The lowest BCUT2D eigenvalue weighted by atomic mass is 9.93. The first kappa shape index (κ1) is 18.0. The largest absolute Gasteiger partial charge is 0.345 e. The molecule has 0 aromatic heterocycles. The molecule has 1 unspecified atom stereocenters. The maximum atomic E-state index is 12.3. The molecule has 0 saturated heterocycles. The maximum absolute atomic E-state index is 12.3. The van der Waals surface area contributed by atoms with Gasteiger partial charge in [-0.2, -0.15) is 0 Å². The molecule has 0 heterocycles. The molecule has 0 rings (SSSR count). The van der Waals surface area contributed by atoms with Crippen molar-refractivity contribution < 1.29 is 14.4 Å². The van der Waals surface area contributed by atoms with Crippen LogP contribution in [-0.2, 0) is 14.4 Å². The van der Waals surface area contributed by atoms with Crippen molar-refractivity contribution in [1.29, 1.82) is 0 Å². The van der Waals surface area contributed by atoms with Crippen LogP contribution in [0.15, 0.2) is 36.0 Å². The van der Waals surface area contributed by atoms with Gasteiger partial charge in [0.25, 0.3) is 5.91 Å². The van der Waals surface area contributed by atoms with Gasteiger partial charge in [0.15, 0.2) is 5.78 Å². The molecule has 20 heavy (non-hydrogen) atoms. The second-order valence-electron chi connectivity index (χ2n) is 4.56. The van der Waals surface area contributed by atoms with Gasteiger partial charge >= 0.3 is 0 Å². The molecule has 0 aliphatic rings. The average molecular weight is 277 g/mol. The molecule has 0 radical (unpaired) electrons. The zero-order valence-electron chi connectivity index (χ0n) is 12.7. The van der Waals surface area contributed by atoms with E-state index in [2.05, 4.69) is 11.9 Å². The van der Waals surface area contributed by atoms with Crippen molar-refractivity contribution in [3.05, 3.63) is 36.0 Å². The standard InChI is InChI=1S/C16H23NO3/c1-6-9-13(10-17-16(20)12(5)18)14(8-3)15(19)11(4)7-2/h6,8-9,11H,3,7,10H2,1-2,4-5H3,(H,17,20)/b9-6-,14-13-. The fourth-order valence-corrected chi connectivity index (χ4v) is 1.59. The molecule has 1 amide bonds. The summed E-state index contributed by atoms with van der Waals surface area (Å²) in [6, 6.07) is 0. The molecule has 4 nitrogen and oxygen atoms in total. The quantitative estimate of drug-likeness (QED) is 0.421. The van der Waals surface area contributed by atoms with Crippen LogP contribution in [0.3, 0.4) is 0 Å². The Balaban J connectivity index is 5.31. The van der Waals surface area contributed by atoms with E-state index in [0.29, 0.717) is 11.1 Å².